The van der Waals surface area contributed by atoms with Crippen LogP contribution in [0.2, 0.25) is 0 Å². The molecule has 10 heteroatoms. The van der Waals surface area contributed by atoms with E-state index in [4.69, 9.17) is 5.73 Å². The number of alkyl halides is 6. The maximum absolute atomic E-state index is 12.7. The van der Waals surface area contributed by atoms with E-state index >= 15 is 0 Å². The Morgan fingerprint density at radius 1 is 1.26 bits per heavy atom. The largest absolute Gasteiger partial charge is 0.573 e. The molecule has 0 spiro atoms. The Hall–Kier alpha value is -1.84. The zero-order chi connectivity index (χ0) is 14.8. The Balaban J connectivity index is 3.57. The zero-order valence-corrected chi connectivity index (χ0v) is 8.97. The number of aldehydes is 1. The van der Waals surface area contributed by atoms with E-state index in [1.807, 2.05) is 0 Å². The summed E-state index contributed by atoms with van der Waals surface area (Å²) in [4.78, 5) is 13.7. The Bertz CT molecular complexity index is 483. The van der Waals surface area contributed by atoms with Crippen LogP contribution in [0, 0.1) is 0 Å². The molecule has 0 bridgehead atoms. The van der Waals surface area contributed by atoms with E-state index in [1.165, 1.54) is 0 Å². The number of nitrogens with two attached hydrogens (primary N) is 1. The summed E-state index contributed by atoms with van der Waals surface area (Å²) < 4.78 is 77.8. The van der Waals surface area contributed by atoms with Gasteiger partial charge in [-0.25, -0.2) is 0 Å². The predicted molar refractivity (Wildman–Crippen MR) is 49.2 cm³/mol. The van der Waals surface area contributed by atoms with Crippen molar-refractivity contribution in [3.63, 3.8) is 0 Å². The van der Waals surface area contributed by atoms with Crippen molar-refractivity contribution in [3.05, 3.63) is 23.0 Å². The first-order chi connectivity index (χ1) is 8.60. The van der Waals surface area contributed by atoms with Crippen LogP contribution in [-0.2, 0) is 12.7 Å². The van der Waals surface area contributed by atoms with Crippen LogP contribution in [0.1, 0.15) is 21.6 Å². The van der Waals surface area contributed by atoms with Crippen molar-refractivity contribution < 1.29 is 35.9 Å². The van der Waals surface area contributed by atoms with Crippen LogP contribution in [0.5, 0.6) is 5.75 Å². The van der Waals surface area contributed by atoms with Crippen molar-refractivity contribution in [1.82, 2.24) is 4.98 Å². The van der Waals surface area contributed by atoms with Crippen molar-refractivity contribution >= 4 is 6.29 Å². The Morgan fingerprint density at radius 2 is 1.84 bits per heavy atom. The van der Waals surface area contributed by atoms with Crippen molar-refractivity contribution in [2.24, 2.45) is 5.73 Å². The fraction of sp³-hybridized carbons (Fsp3) is 0.333. The van der Waals surface area contributed by atoms with Gasteiger partial charge in [-0.2, -0.15) is 13.2 Å². The van der Waals surface area contributed by atoms with Crippen LogP contribution in [0.4, 0.5) is 26.3 Å². The number of nitrogens with zero attached hydrogens (tertiary/aromatic N) is 1. The molecule has 106 valence electrons. The van der Waals surface area contributed by atoms with Gasteiger partial charge in [0.15, 0.2) is 12.0 Å². The molecule has 1 aromatic heterocycles. The molecule has 0 aliphatic carbocycles. The quantitative estimate of drug-likeness (QED) is 0.684. The van der Waals surface area contributed by atoms with Crippen LogP contribution >= 0.6 is 0 Å². The third kappa shape index (κ3) is 3.56. The fourth-order valence-electron chi connectivity index (χ4n) is 1.30. The van der Waals surface area contributed by atoms with Crippen LogP contribution in [-0.4, -0.2) is 17.6 Å². The van der Waals surface area contributed by atoms with E-state index < -0.39 is 41.7 Å². The number of halogens is 6. The highest BCUT2D eigenvalue weighted by atomic mass is 19.4. The normalized spacial score (nSPS) is 12.4. The first kappa shape index (κ1) is 15.2. The van der Waals surface area contributed by atoms with Gasteiger partial charge in [-0.3, -0.25) is 9.78 Å². The lowest BCUT2D eigenvalue weighted by atomic mass is 10.1. The maximum atomic E-state index is 12.7. The Kier molecular flexibility index (Phi) is 4.03. The third-order valence-electron chi connectivity index (χ3n) is 1.96. The van der Waals surface area contributed by atoms with Gasteiger partial charge in [0.25, 0.3) is 0 Å². The number of carbonyl (C=O) groups is 1. The monoisotopic (exact) mass is 288 g/mol. The first-order valence-corrected chi connectivity index (χ1v) is 4.60. The molecule has 0 aliphatic heterocycles. The van der Waals surface area contributed by atoms with Crippen LogP contribution < -0.4 is 10.5 Å². The Morgan fingerprint density at radius 3 is 2.21 bits per heavy atom. The molecule has 0 amide bonds. The fourth-order valence-corrected chi connectivity index (χ4v) is 1.30. The second kappa shape index (κ2) is 5.03. The average Bonchev–Trinajstić information content (AvgIpc) is 2.24. The topological polar surface area (TPSA) is 65.2 Å². The summed E-state index contributed by atoms with van der Waals surface area (Å²) >= 11 is 0. The van der Waals surface area contributed by atoms with Gasteiger partial charge in [0.1, 0.15) is 5.56 Å². The second-order valence-electron chi connectivity index (χ2n) is 3.23. The highest BCUT2D eigenvalue weighted by Gasteiger charge is 2.43. The summed E-state index contributed by atoms with van der Waals surface area (Å²) in [5, 5.41) is 0. The van der Waals surface area contributed by atoms with E-state index in [1.54, 1.807) is 0 Å². The highest BCUT2D eigenvalue weighted by Crippen LogP contribution is 2.41. The van der Waals surface area contributed by atoms with E-state index in [9.17, 15) is 31.1 Å². The van der Waals surface area contributed by atoms with Crippen LogP contribution in [0.25, 0.3) is 0 Å². The van der Waals surface area contributed by atoms with Gasteiger partial charge < -0.3 is 10.5 Å². The van der Waals surface area contributed by atoms with Gasteiger partial charge in [0, 0.05) is 12.7 Å². The molecule has 0 fully saturated rings. The summed E-state index contributed by atoms with van der Waals surface area (Å²) in [5.41, 5.74) is 1.36. The minimum Gasteiger partial charge on any atom is -0.404 e. The third-order valence-corrected chi connectivity index (χ3v) is 1.96. The predicted octanol–water partition coefficient (Wildman–Crippen LogP) is 2.27. The van der Waals surface area contributed by atoms with Crippen molar-refractivity contribution in [2.45, 2.75) is 19.1 Å². The summed E-state index contributed by atoms with van der Waals surface area (Å²) in [5.74, 6) is -1.65. The minimum atomic E-state index is -5.38. The number of rotatable bonds is 3. The van der Waals surface area contributed by atoms with E-state index in [0.29, 0.717) is 6.20 Å². The SMILES string of the molecule is NCc1ncc(C=O)c(OC(F)(F)F)c1C(F)(F)F. The zero-order valence-electron chi connectivity index (χ0n) is 8.97. The molecule has 0 aliphatic rings. The molecule has 0 radical (unpaired) electrons. The van der Waals surface area contributed by atoms with Crippen molar-refractivity contribution in [2.75, 3.05) is 0 Å². The van der Waals surface area contributed by atoms with Gasteiger partial charge in [-0.1, -0.05) is 0 Å². The van der Waals surface area contributed by atoms with Crippen LogP contribution in [0.3, 0.4) is 0 Å². The molecule has 0 saturated carbocycles. The lowest BCUT2D eigenvalue weighted by Gasteiger charge is -2.18. The highest BCUT2D eigenvalue weighted by molar-refractivity contribution is 5.80. The van der Waals surface area contributed by atoms with E-state index in [0.717, 1.165) is 0 Å². The number of hydrogen-bond acceptors (Lipinski definition) is 4. The molecule has 1 aromatic rings. The molecule has 1 rings (SSSR count). The standard InChI is InChI=1S/C9H6F6N2O2/c10-8(11,12)6-5(1-16)17-2-4(3-18)7(6)19-9(13,14)15/h2-3H,1,16H2. The van der Waals surface area contributed by atoms with Gasteiger partial charge in [-0.05, 0) is 0 Å². The van der Waals surface area contributed by atoms with Gasteiger partial charge in [0.2, 0.25) is 0 Å². The number of ether oxygens (including phenoxy) is 1. The molecule has 0 unspecified atom stereocenters. The number of carbonyl (C=O) groups excluding carboxylic acids is 1. The lowest BCUT2D eigenvalue weighted by Crippen LogP contribution is -2.23. The van der Waals surface area contributed by atoms with Gasteiger partial charge in [-0.15, -0.1) is 13.2 Å². The molecule has 0 atom stereocenters. The second-order valence-corrected chi connectivity index (χ2v) is 3.23. The molecule has 0 saturated heterocycles. The molecule has 1 heterocycles. The average molecular weight is 288 g/mol. The molecular weight excluding hydrogens is 282 g/mol. The smallest absolute Gasteiger partial charge is 0.404 e. The summed E-state index contributed by atoms with van der Waals surface area (Å²) in [6.45, 7) is -0.762. The van der Waals surface area contributed by atoms with Crippen molar-refractivity contribution in [1.29, 1.82) is 0 Å². The summed E-state index contributed by atoms with van der Waals surface area (Å²) in [7, 11) is 0. The number of hydrogen-bond donors (Lipinski definition) is 1. The van der Waals surface area contributed by atoms with Crippen molar-refractivity contribution in [3.8, 4) is 5.75 Å². The van der Waals surface area contributed by atoms with E-state index in [-0.39, 0.29) is 6.29 Å². The molecule has 19 heavy (non-hydrogen) atoms. The van der Waals surface area contributed by atoms with Gasteiger partial charge in [0.05, 0.1) is 11.3 Å². The maximum Gasteiger partial charge on any atom is 0.573 e. The summed E-state index contributed by atoms with van der Waals surface area (Å²) in [6.07, 6.45) is -10.3. The summed E-state index contributed by atoms with van der Waals surface area (Å²) in [6, 6.07) is 0. The first-order valence-electron chi connectivity index (χ1n) is 4.60. The number of aromatic nitrogens is 1. The molecule has 0 aromatic carbocycles. The molecule has 4 nitrogen and oxygen atoms in total. The lowest BCUT2D eigenvalue weighted by molar-refractivity contribution is -0.276. The number of pyridine rings is 1. The van der Waals surface area contributed by atoms with Gasteiger partial charge >= 0.3 is 12.5 Å². The van der Waals surface area contributed by atoms with E-state index in [2.05, 4.69) is 9.72 Å². The van der Waals surface area contributed by atoms with Crippen LogP contribution in [0.15, 0.2) is 6.20 Å². The molecular formula is C9H6F6N2O2. The molecule has 2 N–H and O–H groups in total. The minimum absolute atomic E-state index is 0.219. The Labute approximate surface area is 102 Å².